The minimum absolute atomic E-state index is 0.0545. The molecule has 0 N–H and O–H groups in total. The third kappa shape index (κ3) is 2.16. The molecule has 16 heavy (non-hydrogen) atoms. The van der Waals surface area contributed by atoms with Crippen molar-refractivity contribution < 1.29 is 9.18 Å². The van der Waals surface area contributed by atoms with E-state index in [1.54, 1.807) is 17.1 Å². The maximum atomic E-state index is 12.7. The summed E-state index contributed by atoms with van der Waals surface area (Å²) >= 11 is 0. The minimum atomic E-state index is -0.338. The lowest BCUT2D eigenvalue weighted by atomic mass is 10.1. The van der Waals surface area contributed by atoms with Gasteiger partial charge in [0, 0.05) is 17.5 Å². The normalized spacial score (nSPS) is 10.4. The van der Waals surface area contributed by atoms with Crippen LogP contribution in [0.15, 0.2) is 36.8 Å². The number of aryl methyl sites for hydroxylation is 1. The second kappa shape index (κ2) is 4.26. The van der Waals surface area contributed by atoms with Crippen molar-refractivity contribution in [3.05, 3.63) is 53.9 Å². The number of carbonyl (C=O) groups is 1. The first-order valence-corrected chi connectivity index (χ1v) is 4.92. The van der Waals surface area contributed by atoms with Crippen LogP contribution in [0.2, 0.25) is 0 Å². The van der Waals surface area contributed by atoms with E-state index in [-0.39, 0.29) is 18.1 Å². The van der Waals surface area contributed by atoms with Crippen molar-refractivity contribution in [2.24, 2.45) is 0 Å². The molecule has 0 saturated carbocycles. The maximum Gasteiger partial charge on any atom is 0.182 e. The number of carbonyl (C=O) groups excluding carboxylic acids is 1. The Balaban J connectivity index is 2.15. The number of rotatable bonds is 3. The fraction of sp³-hybridized carbons (Fsp3) is 0.167. The zero-order valence-corrected chi connectivity index (χ0v) is 8.85. The largest absolute Gasteiger partial charge is 0.327 e. The van der Waals surface area contributed by atoms with Gasteiger partial charge in [0.15, 0.2) is 5.78 Å². The number of hydrogen-bond acceptors (Lipinski definition) is 2. The Bertz CT molecular complexity index is 502. The third-order valence-electron chi connectivity index (χ3n) is 2.40. The minimum Gasteiger partial charge on any atom is -0.327 e. The Morgan fingerprint density at radius 1 is 1.38 bits per heavy atom. The van der Waals surface area contributed by atoms with Gasteiger partial charge in [-0.1, -0.05) is 0 Å². The van der Waals surface area contributed by atoms with Gasteiger partial charge in [-0.15, -0.1) is 0 Å². The average molecular weight is 218 g/mol. The Kier molecular flexibility index (Phi) is 2.81. The monoisotopic (exact) mass is 218 g/mol. The molecule has 0 aliphatic carbocycles. The third-order valence-corrected chi connectivity index (χ3v) is 2.40. The van der Waals surface area contributed by atoms with Gasteiger partial charge in [0.05, 0.1) is 12.9 Å². The molecule has 1 aromatic heterocycles. The smallest absolute Gasteiger partial charge is 0.182 e. The van der Waals surface area contributed by atoms with Crippen molar-refractivity contribution >= 4 is 5.78 Å². The first-order chi connectivity index (χ1) is 7.66. The van der Waals surface area contributed by atoms with Crippen LogP contribution in [0.25, 0.3) is 0 Å². The summed E-state index contributed by atoms with van der Waals surface area (Å²) in [6.07, 6.45) is 3.30. The molecule has 0 radical (unpaired) electrons. The number of nitrogens with zero attached hydrogens (tertiary/aromatic N) is 2. The number of benzene rings is 1. The van der Waals surface area contributed by atoms with Crippen molar-refractivity contribution in [3.63, 3.8) is 0 Å². The molecule has 0 aliphatic heterocycles. The predicted molar refractivity (Wildman–Crippen MR) is 57.7 cm³/mol. The van der Waals surface area contributed by atoms with Gasteiger partial charge in [0.25, 0.3) is 0 Å². The number of aromatic nitrogens is 2. The molecule has 0 fully saturated rings. The van der Waals surface area contributed by atoms with E-state index >= 15 is 0 Å². The summed E-state index contributed by atoms with van der Waals surface area (Å²) in [4.78, 5) is 15.7. The van der Waals surface area contributed by atoms with Crippen molar-refractivity contribution in [1.82, 2.24) is 9.55 Å². The molecule has 1 aromatic carbocycles. The standard InChI is InChI=1S/C12H11FN2O/c1-9-6-14-8-15(9)7-12(16)10-2-4-11(13)5-3-10/h2-6,8H,7H2,1H3. The van der Waals surface area contributed by atoms with Gasteiger partial charge < -0.3 is 4.57 Å². The summed E-state index contributed by atoms with van der Waals surface area (Å²) in [6, 6.07) is 5.55. The first-order valence-electron chi connectivity index (χ1n) is 4.92. The molecule has 4 heteroatoms. The van der Waals surface area contributed by atoms with Gasteiger partial charge in [-0.05, 0) is 31.2 Å². The van der Waals surface area contributed by atoms with Crippen LogP contribution >= 0.6 is 0 Å². The molecule has 0 aliphatic rings. The van der Waals surface area contributed by atoms with Gasteiger partial charge in [0.2, 0.25) is 0 Å². The number of hydrogen-bond donors (Lipinski definition) is 0. The van der Waals surface area contributed by atoms with Crippen LogP contribution < -0.4 is 0 Å². The van der Waals surface area contributed by atoms with Gasteiger partial charge in [0.1, 0.15) is 5.82 Å². The molecule has 1 heterocycles. The number of imidazole rings is 1. The Labute approximate surface area is 92.5 Å². The molecule has 82 valence electrons. The number of ketones is 1. The van der Waals surface area contributed by atoms with Crippen LogP contribution in [0, 0.1) is 12.7 Å². The van der Waals surface area contributed by atoms with Gasteiger partial charge in [-0.2, -0.15) is 0 Å². The topological polar surface area (TPSA) is 34.9 Å². The predicted octanol–water partition coefficient (Wildman–Crippen LogP) is 2.21. The van der Waals surface area contributed by atoms with E-state index in [1.807, 2.05) is 6.92 Å². The van der Waals surface area contributed by atoms with Gasteiger partial charge in [-0.25, -0.2) is 9.37 Å². The van der Waals surface area contributed by atoms with E-state index in [0.29, 0.717) is 5.56 Å². The quantitative estimate of drug-likeness (QED) is 0.740. The van der Waals surface area contributed by atoms with Crippen LogP contribution in [-0.4, -0.2) is 15.3 Å². The van der Waals surface area contributed by atoms with Crippen molar-refractivity contribution in [3.8, 4) is 0 Å². The highest BCUT2D eigenvalue weighted by molar-refractivity contribution is 5.95. The summed E-state index contributed by atoms with van der Waals surface area (Å²) in [5.41, 5.74) is 1.44. The van der Waals surface area contributed by atoms with Crippen LogP contribution in [0.3, 0.4) is 0 Å². The van der Waals surface area contributed by atoms with Crippen molar-refractivity contribution in [2.45, 2.75) is 13.5 Å². The van der Waals surface area contributed by atoms with Crippen molar-refractivity contribution in [2.75, 3.05) is 0 Å². The highest BCUT2D eigenvalue weighted by Gasteiger charge is 2.07. The molecule has 0 saturated heterocycles. The molecule has 0 amide bonds. The van der Waals surface area contributed by atoms with Crippen molar-refractivity contribution in [1.29, 1.82) is 0 Å². The summed E-state index contributed by atoms with van der Waals surface area (Å²) in [7, 11) is 0. The Morgan fingerprint density at radius 3 is 2.62 bits per heavy atom. The Hall–Kier alpha value is -1.97. The van der Waals surface area contributed by atoms with E-state index in [1.165, 1.54) is 24.3 Å². The lowest BCUT2D eigenvalue weighted by Gasteiger charge is -2.04. The molecule has 0 atom stereocenters. The van der Waals surface area contributed by atoms with Gasteiger partial charge in [-0.3, -0.25) is 4.79 Å². The molecule has 2 rings (SSSR count). The molecular weight excluding hydrogens is 207 g/mol. The average Bonchev–Trinajstić information content (AvgIpc) is 2.65. The van der Waals surface area contributed by atoms with Gasteiger partial charge >= 0.3 is 0 Å². The van der Waals surface area contributed by atoms with Crippen LogP contribution in [-0.2, 0) is 6.54 Å². The molecule has 0 bridgehead atoms. The van der Waals surface area contributed by atoms with E-state index in [0.717, 1.165) is 5.69 Å². The van der Waals surface area contributed by atoms with E-state index in [9.17, 15) is 9.18 Å². The zero-order chi connectivity index (χ0) is 11.5. The maximum absolute atomic E-state index is 12.7. The number of halogens is 1. The zero-order valence-electron chi connectivity index (χ0n) is 8.85. The van der Waals surface area contributed by atoms with E-state index in [4.69, 9.17) is 0 Å². The fourth-order valence-electron chi connectivity index (χ4n) is 1.43. The summed E-state index contributed by atoms with van der Waals surface area (Å²) in [6.45, 7) is 2.11. The highest BCUT2D eigenvalue weighted by atomic mass is 19.1. The van der Waals surface area contributed by atoms with E-state index in [2.05, 4.69) is 4.98 Å². The summed E-state index contributed by atoms with van der Waals surface area (Å²) < 4.78 is 14.4. The fourth-order valence-corrected chi connectivity index (χ4v) is 1.43. The number of Topliss-reactive ketones (excluding diaryl/α,β-unsaturated/α-hetero) is 1. The molecular formula is C12H11FN2O. The lowest BCUT2D eigenvalue weighted by molar-refractivity contribution is 0.0971. The second-order valence-electron chi connectivity index (χ2n) is 3.59. The highest BCUT2D eigenvalue weighted by Crippen LogP contribution is 2.06. The molecule has 3 nitrogen and oxygen atoms in total. The van der Waals surface area contributed by atoms with Crippen LogP contribution in [0.5, 0.6) is 0 Å². The lowest BCUT2D eigenvalue weighted by Crippen LogP contribution is -2.10. The van der Waals surface area contributed by atoms with Crippen LogP contribution in [0.1, 0.15) is 16.1 Å². The second-order valence-corrected chi connectivity index (χ2v) is 3.59. The molecule has 2 aromatic rings. The Morgan fingerprint density at radius 2 is 2.06 bits per heavy atom. The first kappa shape index (κ1) is 10.5. The SMILES string of the molecule is Cc1cncn1CC(=O)c1ccc(F)cc1. The molecule has 0 unspecified atom stereocenters. The van der Waals surface area contributed by atoms with E-state index < -0.39 is 0 Å². The summed E-state index contributed by atoms with van der Waals surface area (Å²) in [5.74, 6) is -0.392. The molecule has 0 spiro atoms. The summed E-state index contributed by atoms with van der Waals surface area (Å²) in [5, 5.41) is 0. The van der Waals surface area contributed by atoms with Crippen LogP contribution in [0.4, 0.5) is 4.39 Å².